The van der Waals surface area contributed by atoms with Crippen molar-refractivity contribution < 1.29 is 9.59 Å². The lowest BCUT2D eigenvalue weighted by Gasteiger charge is -2.10. The summed E-state index contributed by atoms with van der Waals surface area (Å²) in [6.45, 7) is 0. The predicted octanol–water partition coefficient (Wildman–Crippen LogP) is 5.77. The first-order valence-electron chi connectivity index (χ1n) is 9.78. The quantitative estimate of drug-likeness (QED) is 0.510. The van der Waals surface area contributed by atoms with Gasteiger partial charge in [0.25, 0.3) is 0 Å². The molecule has 4 rings (SSSR count). The van der Waals surface area contributed by atoms with E-state index in [9.17, 15) is 9.59 Å². The van der Waals surface area contributed by atoms with Gasteiger partial charge in [0.05, 0.1) is 6.42 Å². The van der Waals surface area contributed by atoms with Crippen molar-refractivity contribution >= 4 is 40.8 Å². The number of aryl methyl sites for hydroxylation is 1. The molecule has 0 radical (unpaired) electrons. The van der Waals surface area contributed by atoms with Crippen LogP contribution in [0.4, 0.5) is 5.69 Å². The van der Waals surface area contributed by atoms with Gasteiger partial charge < -0.3 is 5.32 Å². The Morgan fingerprint density at radius 2 is 1.37 bits per heavy atom. The zero-order chi connectivity index (χ0) is 20.5. The molecule has 0 atom stereocenters. The van der Waals surface area contributed by atoms with Crippen molar-refractivity contribution in [2.75, 3.05) is 5.32 Å². The fraction of sp³-hybridized carbons (Fsp3) is 0.200. The van der Waals surface area contributed by atoms with Gasteiger partial charge in [-0.15, -0.1) is 12.4 Å². The summed E-state index contributed by atoms with van der Waals surface area (Å²) in [4.78, 5) is 22.4. The molecule has 1 N–H and O–H groups in total. The van der Waals surface area contributed by atoms with Crippen LogP contribution in [0.15, 0.2) is 78.9 Å². The molecular formula is C25H25Cl2NO2. The molecule has 156 valence electrons. The summed E-state index contributed by atoms with van der Waals surface area (Å²) in [6.07, 6.45) is 4.17. The van der Waals surface area contributed by atoms with Crippen LogP contribution in [0.25, 0.3) is 0 Å². The average Bonchev–Trinajstić information content (AvgIpc) is 3.19. The lowest BCUT2D eigenvalue weighted by atomic mass is 10.1. The van der Waals surface area contributed by atoms with E-state index in [1.807, 2.05) is 72.8 Å². The zero-order valence-corrected chi connectivity index (χ0v) is 18.2. The highest BCUT2D eigenvalue weighted by Crippen LogP contribution is 2.28. The van der Waals surface area contributed by atoms with E-state index in [1.54, 1.807) is 0 Å². The number of fused-ring (bicyclic) bond motifs is 1. The third-order valence-electron chi connectivity index (χ3n) is 4.81. The molecule has 3 aromatic rings. The number of carbonyl (C=O) groups excluding carboxylic acids is 2. The maximum absolute atomic E-state index is 12.1. The van der Waals surface area contributed by atoms with Gasteiger partial charge in [-0.3, -0.25) is 9.59 Å². The summed E-state index contributed by atoms with van der Waals surface area (Å²) >= 11 is 5.17. The maximum Gasteiger partial charge on any atom is 0.228 e. The lowest BCUT2D eigenvalue weighted by Crippen LogP contribution is -2.15. The van der Waals surface area contributed by atoms with Gasteiger partial charge in [0, 0.05) is 12.1 Å². The Morgan fingerprint density at radius 1 is 0.767 bits per heavy atom. The zero-order valence-electron chi connectivity index (χ0n) is 16.6. The van der Waals surface area contributed by atoms with Gasteiger partial charge in [-0.1, -0.05) is 72.8 Å². The lowest BCUT2D eigenvalue weighted by molar-refractivity contribution is -0.115. The van der Waals surface area contributed by atoms with Gasteiger partial charge in [0.1, 0.15) is 0 Å². The number of hydrogen-bond acceptors (Lipinski definition) is 2. The molecule has 1 amide bonds. The van der Waals surface area contributed by atoms with Crippen LogP contribution >= 0.6 is 24.0 Å². The first kappa shape index (κ1) is 23.7. The van der Waals surface area contributed by atoms with E-state index >= 15 is 0 Å². The molecule has 1 aliphatic rings. The van der Waals surface area contributed by atoms with E-state index in [2.05, 4.69) is 11.4 Å². The predicted molar refractivity (Wildman–Crippen MR) is 125 cm³/mol. The molecule has 5 heteroatoms. The van der Waals surface area contributed by atoms with E-state index in [0.29, 0.717) is 12.8 Å². The van der Waals surface area contributed by atoms with Crippen LogP contribution in [0, 0.1) is 0 Å². The Kier molecular flexibility index (Phi) is 9.59. The summed E-state index contributed by atoms with van der Waals surface area (Å²) in [5, 5.41) is 2.74. The molecule has 1 aliphatic carbocycles. The standard InChI is InChI=1S/C17H17NO.C8H7ClO.ClH/c19-17(12-13-6-2-1-3-7-13)18-16-11-5-9-14-8-4-10-15(14)16;9-8(10)6-7-4-2-1-3-5-7;/h1-3,5-7,9,11H,4,8,10,12H2,(H,18,19);1-5H,6H2;1H. The smallest absolute Gasteiger partial charge is 0.228 e. The molecule has 3 aromatic carbocycles. The Labute approximate surface area is 188 Å². The van der Waals surface area contributed by atoms with E-state index in [4.69, 9.17) is 11.6 Å². The monoisotopic (exact) mass is 441 g/mol. The van der Waals surface area contributed by atoms with E-state index < -0.39 is 0 Å². The Bertz CT molecular complexity index is 959. The van der Waals surface area contributed by atoms with Gasteiger partial charge >= 0.3 is 0 Å². The van der Waals surface area contributed by atoms with E-state index in [1.165, 1.54) is 17.5 Å². The fourth-order valence-electron chi connectivity index (χ4n) is 3.47. The van der Waals surface area contributed by atoms with Gasteiger partial charge in [0.2, 0.25) is 11.1 Å². The molecule has 0 bridgehead atoms. The minimum Gasteiger partial charge on any atom is -0.326 e. The molecule has 3 nitrogen and oxygen atoms in total. The van der Waals surface area contributed by atoms with E-state index in [-0.39, 0.29) is 23.6 Å². The minimum absolute atomic E-state index is 0. The largest absolute Gasteiger partial charge is 0.326 e. The number of nitrogens with one attached hydrogen (secondary N) is 1. The van der Waals surface area contributed by atoms with E-state index in [0.717, 1.165) is 29.7 Å². The molecule has 0 spiro atoms. The topological polar surface area (TPSA) is 46.2 Å². The number of benzene rings is 3. The highest BCUT2D eigenvalue weighted by Gasteiger charge is 2.15. The number of anilines is 1. The van der Waals surface area contributed by atoms with Gasteiger partial charge in [-0.25, -0.2) is 0 Å². The van der Waals surface area contributed by atoms with Crippen LogP contribution in [-0.2, 0) is 35.3 Å². The van der Waals surface area contributed by atoms with Crippen molar-refractivity contribution in [3.8, 4) is 0 Å². The molecular weight excluding hydrogens is 417 g/mol. The Morgan fingerprint density at radius 3 is 1.97 bits per heavy atom. The average molecular weight is 442 g/mol. The molecule has 0 aliphatic heterocycles. The van der Waals surface area contributed by atoms with Gasteiger partial charge in [-0.05, 0) is 59.2 Å². The van der Waals surface area contributed by atoms with Crippen molar-refractivity contribution in [1.82, 2.24) is 0 Å². The molecule has 0 saturated heterocycles. The van der Waals surface area contributed by atoms with Crippen LogP contribution in [-0.4, -0.2) is 11.1 Å². The van der Waals surface area contributed by atoms with Crippen LogP contribution in [0.1, 0.15) is 28.7 Å². The van der Waals surface area contributed by atoms with Crippen molar-refractivity contribution in [1.29, 1.82) is 0 Å². The second kappa shape index (κ2) is 12.2. The van der Waals surface area contributed by atoms with Crippen LogP contribution in [0.3, 0.4) is 0 Å². The number of hydrogen-bond donors (Lipinski definition) is 1. The molecule has 0 unspecified atom stereocenters. The number of halogens is 2. The van der Waals surface area contributed by atoms with Crippen molar-refractivity contribution in [3.63, 3.8) is 0 Å². The van der Waals surface area contributed by atoms with Crippen LogP contribution in [0.2, 0.25) is 0 Å². The molecule has 0 fully saturated rings. The maximum atomic E-state index is 12.1. The summed E-state index contributed by atoms with van der Waals surface area (Å²) in [5.41, 5.74) is 5.72. The second-order valence-electron chi connectivity index (χ2n) is 7.02. The highest BCUT2D eigenvalue weighted by atomic mass is 35.5. The fourth-order valence-corrected chi connectivity index (χ4v) is 3.62. The number of carbonyl (C=O) groups is 2. The summed E-state index contributed by atoms with van der Waals surface area (Å²) in [6, 6.07) is 25.5. The first-order valence-corrected chi connectivity index (χ1v) is 10.2. The minimum atomic E-state index is -0.314. The van der Waals surface area contributed by atoms with Crippen molar-refractivity contribution in [2.24, 2.45) is 0 Å². The number of rotatable bonds is 5. The molecule has 0 aromatic heterocycles. The SMILES string of the molecule is Cl.O=C(Cc1ccccc1)Nc1cccc2c1CCC2.O=C(Cl)Cc1ccccc1. The highest BCUT2D eigenvalue weighted by molar-refractivity contribution is 6.63. The molecule has 30 heavy (non-hydrogen) atoms. The molecule has 0 saturated carbocycles. The van der Waals surface area contributed by atoms with Gasteiger partial charge in [-0.2, -0.15) is 0 Å². The van der Waals surface area contributed by atoms with Crippen LogP contribution < -0.4 is 5.32 Å². The molecule has 0 heterocycles. The Hall–Kier alpha value is -2.62. The third-order valence-corrected chi connectivity index (χ3v) is 4.95. The number of amides is 1. The van der Waals surface area contributed by atoms with Crippen LogP contribution in [0.5, 0.6) is 0 Å². The summed E-state index contributed by atoms with van der Waals surface area (Å²) in [7, 11) is 0. The van der Waals surface area contributed by atoms with Gasteiger partial charge in [0.15, 0.2) is 0 Å². The summed E-state index contributed by atoms with van der Waals surface area (Å²) in [5.74, 6) is 0.0616. The first-order chi connectivity index (χ1) is 14.1. The normalized spacial score (nSPS) is 11.4. The summed E-state index contributed by atoms with van der Waals surface area (Å²) < 4.78 is 0. The third kappa shape index (κ3) is 7.33. The second-order valence-corrected chi connectivity index (χ2v) is 7.45. The van der Waals surface area contributed by atoms with Crippen molar-refractivity contribution in [3.05, 3.63) is 101 Å². The Balaban J connectivity index is 0.000000249. The van der Waals surface area contributed by atoms with Crippen molar-refractivity contribution in [2.45, 2.75) is 32.1 Å².